The number of nitrogens with one attached hydrogen (secondary N) is 2. The molecule has 0 radical (unpaired) electrons. The van der Waals surface area contributed by atoms with Crippen molar-refractivity contribution in [3.05, 3.63) is 0 Å². The molecule has 0 aromatic rings. The highest BCUT2D eigenvalue weighted by Crippen LogP contribution is 2.31. The highest BCUT2D eigenvalue weighted by Gasteiger charge is 2.39. The molecule has 0 atom stereocenters. The molecular formula is C16H32N2O3. The van der Waals surface area contributed by atoms with E-state index in [0.29, 0.717) is 0 Å². The molecule has 5 heteroatoms. The summed E-state index contributed by atoms with van der Waals surface area (Å²) in [6.45, 7) is 11.4. The van der Waals surface area contributed by atoms with Crippen LogP contribution in [0.5, 0.6) is 0 Å². The number of ether oxygens (including phenoxy) is 2. The van der Waals surface area contributed by atoms with Gasteiger partial charge < -0.3 is 20.1 Å². The van der Waals surface area contributed by atoms with Crippen LogP contribution < -0.4 is 10.6 Å². The molecule has 1 aliphatic rings. The van der Waals surface area contributed by atoms with E-state index in [2.05, 4.69) is 24.5 Å². The zero-order valence-corrected chi connectivity index (χ0v) is 14.5. The van der Waals surface area contributed by atoms with Gasteiger partial charge in [0.15, 0.2) is 0 Å². The summed E-state index contributed by atoms with van der Waals surface area (Å²) in [5, 5.41) is 6.48. The van der Waals surface area contributed by atoms with E-state index in [1.807, 2.05) is 20.8 Å². The van der Waals surface area contributed by atoms with Crippen molar-refractivity contribution in [1.82, 2.24) is 10.6 Å². The highest BCUT2D eigenvalue weighted by molar-refractivity contribution is 5.69. The first-order valence-electron chi connectivity index (χ1n) is 7.85. The highest BCUT2D eigenvalue weighted by atomic mass is 16.6. The van der Waals surface area contributed by atoms with Crippen molar-refractivity contribution >= 4 is 6.09 Å². The average Bonchev–Trinajstić information content (AvgIpc) is 2.28. The lowest BCUT2D eigenvalue weighted by atomic mass is 9.76. The van der Waals surface area contributed by atoms with E-state index in [1.54, 1.807) is 7.11 Å². The topological polar surface area (TPSA) is 59.6 Å². The molecule has 0 saturated heterocycles. The lowest BCUT2D eigenvalue weighted by molar-refractivity contribution is 0.0144. The third-order valence-electron chi connectivity index (χ3n) is 4.00. The summed E-state index contributed by atoms with van der Waals surface area (Å²) in [5.74, 6) is 0. The van der Waals surface area contributed by atoms with Gasteiger partial charge in [0.1, 0.15) is 5.60 Å². The van der Waals surface area contributed by atoms with E-state index >= 15 is 0 Å². The standard InChI is InChI=1S/C16H32N2O3/c1-14(2,3)21-13(19)18-16(8-7-9-16)12-17-11-10-15(4,5)20-6/h17H,7-12H2,1-6H3,(H,18,19). The maximum atomic E-state index is 11.9. The van der Waals surface area contributed by atoms with E-state index < -0.39 is 5.60 Å². The molecule has 0 heterocycles. The summed E-state index contributed by atoms with van der Waals surface area (Å²) in [6.07, 6.45) is 3.79. The van der Waals surface area contributed by atoms with Crippen LogP contribution in [-0.4, -0.2) is 43.0 Å². The third kappa shape index (κ3) is 6.66. The van der Waals surface area contributed by atoms with Crippen LogP contribution in [0, 0.1) is 0 Å². The van der Waals surface area contributed by atoms with Crippen molar-refractivity contribution in [2.24, 2.45) is 0 Å². The Balaban J connectivity index is 2.35. The summed E-state index contributed by atoms with van der Waals surface area (Å²) in [5.41, 5.74) is -0.705. The van der Waals surface area contributed by atoms with Gasteiger partial charge in [-0.15, -0.1) is 0 Å². The van der Waals surface area contributed by atoms with Crippen LogP contribution >= 0.6 is 0 Å². The van der Waals surface area contributed by atoms with Gasteiger partial charge in [-0.25, -0.2) is 4.79 Å². The van der Waals surface area contributed by atoms with Crippen LogP contribution in [0.1, 0.15) is 60.3 Å². The normalized spacial score (nSPS) is 18.0. The first-order valence-corrected chi connectivity index (χ1v) is 7.85. The maximum Gasteiger partial charge on any atom is 0.408 e. The van der Waals surface area contributed by atoms with Gasteiger partial charge in [0, 0.05) is 13.7 Å². The average molecular weight is 300 g/mol. The number of hydrogen-bond acceptors (Lipinski definition) is 4. The van der Waals surface area contributed by atoms with Gasteiger partial charge in [0.05, 0.1) is 11.1 Å². The van der Waals surface area contributed by atoms with Crippen LogP contribution in [0.15, 0.2) is 0 Å². The SMILES string of the molecule is COC(C)(C)CCNCC1(NC(=O)OC(C)(C)C)CCC1. The second kappa shape index (κ2) is 6.97. The van der Waals surface area contributed by atoms with Crippen LogP contribution in [-0.2, 0) is 9.47 Å². The summed E-state index contributed by atoms with van der Waals surface area (Å²) in [4.78, 5) is 11.9. The van der Waals surface area contributed by atoms with E-state index in [-0.39, 0.29) is 17.2 Å². The number of rotatable bonds is 7. The van der Waals surface area contributed by atoms with Crippen molar-refractivity contribution in [3.63, 3.8) is 0 Å². The Hall–Kier alpha value is -0.810. The second-order valence-electron chi connectivity index (χ2n) is 7.65. The molecule has 21 heavy (non-hydrogen) atoms. The van der Waals surface area contributed by atoms with Gasteiger partial charge in [-0.2, -0.15) is 0 Å². The molecule has 1 fully saturated rings. The summed E-state index contributed by atoms with van der Waals surface area (Å²) in [6, 6.07) is 0. The van der Waals surface area contributed by atoms with Gasteiger partial charge in [-0.1, -0.05) is 0 Å². The number of carbonyl (C=O) groups excluding carboxylic acids is 1. The predicted octanol–water partition coefficient (Wildman–Crippen LogP) is 2.84. The van der Waals surface area contributed by atoms with Crippen molar-refractivity contribution in [1.29, 1.82) is 0 Å². The smallest absolute Gasteiger partial charge is 0.408 e. The summed E-state index contributed by atoms with van der Waals surface area (Å²) < 4.78 is 10.7. The molecule has 2 N–H and O–H groups in total. The van der Waals surface area contributed by atoms with E-state index in [0.717, 1.165) is 38.8 Å². The summed E-state index contributed by atoms with van der Waals surface area (Å²) >= 11 is 0. The lowest BCUT2D eigenvalue weighted by Gasteiger charge is -2.43. The molecule has 0 spiro atoms. The number of hydrogen-bond donors (Lipinski definition) is 2. The van der Waals surface area contributed by atoms with Crippen LogP contribution in [0.25, 0.3) is 0 Å². The number of amides is 1. The van der Waals surface area contributed by atoms with E-state index in [9.17, 15) is 4.79 Å². The summed E-state index contributed by atoms with van der Waals surface area (Å²) in [7, 11) is 1.73. The van der Waals surface area contributed by atoms with Gasteiger partial charge in [-0.3, -0.25) is 0 Å². The van der Waals surface area contributed by atoms with E-state index in [1.165, 1.54) is 0 Å². The van der Waals surface area contributed by atoms with Crippen LogP contribution in [0.3, 0.4) is 0 Å². The molecule has 1 aliphatic carbocycles. The van der Waals surface area contributed by atoms with Crippen LogP contribution in [0.2, 0.25) is 0 Å². The zero-order valence-electron chi connectivity index (χ0n) is 14.5. The fourth-order valence-electron chi connectivity index (χ4n) is 2.29. The molecule has 0 aromatic carbocycles. The molecule has 5 nitrogen and oxygen atoms in total. The molecule has 0 aromatic heterocycles. The molecule has 0 bridgehead atoms. The Morgan fingerprint density at radius 2 is 1.81 bits per heavy atom. The van der Waals surface area contributed by atoms with Crippen molar-refractivity contribution in [2.45, 2.75) is 77.0 Å². The molecule has 0 aliphatic heterocycles. The third-order valence-corrected chi connectivity index (χ3v) is 4.00. The molecular weight excluding hydrogens is 268 g/mol. The number of alkyl carbamates (subject to hydrolysis) is 1. The van der Waals surface area contributed by atoms with Crippen LogP contribution in [0.4, 0.5) is 4.79 Å². The quantitative estimate of drug-likeness (QED) is 0.710. The Kier molecular flexibility index (Phi) is 6.05. The molecule has 1 saturated carbocycles. The Labute approximate surface area is 129 Å². The first kappa shape index (κ1) is 18.2. The Morgan fingerprint density at radius 3 is 2.24 bits per heavy atom. The van der Waals surface area contributed by atoms with Gasteiger partial charge in [-0.05, 0) is 66.8 Å². The molecule has 124 valence electrons. The Bertz CT molecular complexity index is 344. The van der Waals surface area contributed by atoms with Crippen molar-refractivity contribution < 1.29 is 14.3 Å². The van der Waals surface area contributed by atoms with Gasteiger partial charge in [0.2, 0.25) is 0 Å². The first-order chi connectivity index (χ1) is 9.58. The molecule has 0 unspecified atom stereocenters. The number of carbonyl (C=O) groups is 1. The lowest BCUT2D eigenvalue weighted by Crippen LogP contribution is -2.60. The Morgan fingerprint density at radius 1 is 1.19 bits per heavy atom. The second-order valence-corrected chi connectivity index (χ2v) is 7.65. The van der Waals surface area contributed by atoms with Gasteiger partial charge >= 0.3 is 6.09 Å². The number of methoxy groups -OCH3 is 1. The van der Waals surface area contributed by atoms with E-state index in [4.69, 9.17) is 9.47 Å². The minimum atomic E-state index is -0.453. The zero-order chi connectivity index (χ0) is 16.1. The van der Waals surface area contributed by atoms with Crippen molar-refractivity contribution in [3.8, 4) is 0 Å². The van der Waals surface area contributed by atoms with Crippen molar-refractivity contribution in [2.75, 3.05) is 20.2 Å². The fourth-order valence-corrected chi connectivity index (χ4v) is 2.29. The monoisotopic (exact) mass is 300 g/mol. The minimum Gasteiger partial charge on any atom is -0.444 e. The fraction of sp³-hybridized carbons (Fsp3) is 0.938. The van der Waals surface area contributed by atoms with Gasteiger partial charge in [0.25, 0.3) is 0 Å². The maximum absolute atomic E-state index is 11.9. The molecule has 1 rings (SSSR count). The minimum absolute atomic E-state index is 0.113. The largest absolute Gasteiger partial charge is 0.444 e. The predicted molar refractivity (Wildman–Crippen MR) is 84.5 cm³/mol. The molecule has 1 amide bonds.